The molecule has 0 unspecified atom stereocenters. The van der Waals surface area contributed by atoms with Gasteiger partial charge in [0, 0.05) is 25.2 Å². The second-order valence-electron chi connectivity index (χ2n) is 5.13. The quantitative estimate of drug-likeness (QED) is 0.855. The summed E-state index contributed by atoms with van der Waals surface area (Å²) in [5.74, 6) is 0. The Morgan fingerprint density at radius 1 is 1.37 bits per heavy atom. The highest BCUT2D eigenvalue weighted by Gasteiger charge is 2.33. The van der Waals surface area contributed by atoms with Gasteiger partial charge in [-0.05, 0) is 18.4 Å². The molecule has 4 N–H and O–H groups in total. The summed E-state index contributed by atoms with van der Waals surface area (Å²) in [5, 5.41) is 0. The molecule has 1 fully saturated rings. The maximum absolute atomic E-state index is 12.0. The number of ether oxygens (including phenoxy) is 1. The number of rotatable bonds is 3. The van der Waals surface area contributed by atoms with E-state index in [0.29, 0.717) is 19.6 Å². The summed E-state index contributed by atoms with van der Waals surface area (Å²) in [5.41, 5.74) is 12.3. The number of piperidine rings is 1. The van der Waals surface area contributed by atoms with E-state index in [-0.39, 0.29) is 12.7 Å². The number of likely N-dealkylation sites (tertiary alicyclic amines) is 1. The summed E-state index contributed by atoms with van der Waals surface area (Å²) < 4.78 is 5.30. The van der Waals surface area contributed by atoms with Crippen LogP contribution < -0.4 is 11.5 Å². The van der Waals surface area contributed by atoms with Gasteiger partial charge in [0.1, 0.15) is 6.61 Å². The molecule has 1 aliphatic rings. The molecule has 1 atom stereocenters. The molecule has 0 aliphatic carbocycles. The molecule has 5 nitrogen and oxygen atoms in total. The SMILES string of the molecule is NC[C@]1(N)CCCN(C(=O)OCc2ccccc2)C1. The Balaban J connectivity index is 1.86. The van der Waals surface area contributed by atoms with Crippen LogP contribution in [-0.2, 0) is 11.3 Å². The zero-order chi connectivity index (χ0) is 13.7. The van der Waals surface area contributed by atoms with Crippen molar-refractivity contribution in [2.45, 2.75) is 25.0 Å². The Labute approximate surface area is 113 Å². The predicted octanol–water partition coefficient (Wildman–Crippen LogP) is 1.08. The Bertz CT molecular complexity index is 424. The van der Waals surface area contributed by atoms with Crippen LogP contribution in [0.3, 0.4) is 0 Å². The minimum atomic E-state index is -0.468. The van der Waals surface area contributed by atoms with Crippen LogP contribution in [0.5, 0.6) is 0 Å². The molecule has 19 heavy (non-hydrogen) atoms. The van der Waals surface area contributed by atoms with Crippen LogP contribution in [0.4, 0.5) is 4.79 Å². The van der Waals surface area contributed by atoms with E-state index in [1.54, 1.807) is 4.90 Å². The topological polar surface area (TPSA) is 81.6 Å². The highest BCUT2D eigenvalue weighted by Crippen LogP contribution is 2.18. The second-order valence-corrected chi connectivity index (χ2v) is 5.13. The molecular weight excluding hydrogens is 242 g/mol. The standard InChI is InChI=1S/C14H21N3O2/c15-10-14(16)7-4-8-17(11-14)13(18)19-9-12-5-2-1-3-6-12/h1-3,5-6H,4,7-11,15-16H2/t14-/m1/s1. The number of carbonyl (C=O) groups is 1. The molecule has 0 aromatic heterocycles. The van der Waals surface area contributed by atoms with Gasteiger partial charge in [-0.1, -0.05) is 30.3 Å². The van der Waals surface area contributed by atoms with E-state index in [1.165, 1.54) is 0 Å². The number of benzene rings is 1. The number of carbonyl (C=O) groups excluding carboxylic acids is 1. The van der Waals surface area contributed by atoms with Crippen LogP contribution in [-0.4, -0.2) is 36.2 Å². The fraction of sp³-hybridized carbons (Fsp3) is 0.500. The van der Waals surface area contributed by atoms with E-state index < -0.39 is 5.54 Å². The Morgan fingerprint density at radius 2 is 2.11 bits per heavy atom. The molecule has 0 radical (unpaired) electrons. The van der Waals surface area contributed by atoms with Gasteiger partial charge in [0.25, 0.3) is 0 Å². The van der Waals surface area contributed by atoms with Crippen molar-refractivity contribution in [3.05, 3.63) is 35.9 Å². The molecule has 2 rings (SSSR count). The van der Waals surface area contributed by atoms with Crippen molar-refractivity contribution >= 4 is 6.09 Å². The zero-order valence-electron chi connectivity index (χ0n) is 11.0. The summed E-state index contributed by atoms with van der Waals surface area (Å²) in [6.07, 6.45) is 1.41. The summed E-state index contributed by atoms with van der Waals surface area (Å²) >= 11 is 0. The molecule has 0 spiro atoms. The minimum absolute atomic E-state index is 0.288. The summed E-state index contributed by atoms with van der Waals surface area (Å²) in [6, 6.07) is 9.62. The van der Waals surface area contributed by atoms with Crippen LogP contribution in [0.2, 0.25) is 0 Å². The van der Waals surface area contributed by atoms with Gasteiger partial charge in [0.05, 0.1) is 0 Å². The fourth-order valence-electron chi connectivity index (χ4n) is 2.29. The van der Waals surface area contributed by atoms with Gasteiger partial charge in [0.2, 0.25) is 0 Å². The molecule has 1 aromatic rings. The third kappa shape index (κ3) is 3.68. The fourth-order valence-corrected chi connectivity index (χ4v) is 2.29. The van der Waals surface area contributed by atoms with Gasteiger partial charge in [-0.2, -0.15) is 0 Å². The first-order valence-electron chi connectivity index (χ1n) is 6.57. The molecule has 0 saturated carbocycles. The minimum Gasteiger partial charge on any atom is -0.445 e. The third-order valence-electron chi connectivity index (χ3n) is 3.48. The zero-order valence-corrected chi connectivity index (χ0v) is 11.0. The molecule has 1 heterocycles. The molecular formula is C14H21N3O2. The molecule has 1 aliphatic heterocycles. The van der Waals surface area contributed by atoms with Crippen molar-refractivity contribution in [3.63, 3.8) is 0 Å². The number of hydrogen-bond acceptors (Lipinski definition) is 4. The third-order valence-corrected chi connectivity index (χ3v) is 3.48. The van der Waals surface area contributed by atoms with Gasteiger partial charge in [-0.15, -0.1) is 0 Å². The maximum Gasteiger partial charge on any atom is 0.410 e. The summed E-state index contributed by atoms with van der Waals surface area (Å²) in [6.45, 7) is 1.83. The van der Waals surface area contributed by atoms with Gasteiger partial charge in [0.15, 0.2) is 0 Å². The molecule has 5 heteroatoms. The Hall–Kier alpha value is -1.59. The molecule has 1 amide bonds. The molecule has 104 valence electrons. The van der Waals surface area contributed by atoms with Crippen molar-refractivity contribution in [2.75, 3.05) is 19.6 Å². The first kappa shape index (κ1) is 13.8. The van der Waals surface area contributed by atoms with Crippen LogP contribution in [0.15, 0.2) is 30.3 Å². The largest absolute Gasteiger partial charge is 0.445 e. The average Bonchev–Trinajstić information content (AvgIpc) is 2.46. The van der Waals surface area contributed by atoms with E-state index in [1.807, 2.05) is 30.3 Å². The first-order chi connectivity index (χ1) is 9.13. The van der Waals surface area contributed by atoms with E-state index in [4.69, 9.17) is 16.2 Å². The van der Waals surface area contributed by atoms with Crippen LogP contribution in [0.1, 0.15) is 18.4 Å². The number of nitrogens with two attached hydrogens (primary N) is 2. The second kappa shape index (κ2) is 6.04. The van der Waals surface area contributed by atoms with Crippen molar-refractivity contribution in [3.8, 4) is 0 Å². The van der Waals surface area contributed by atoms with E-state index >= 15 is 0 Å². The van der Waals surface area contributed by atoms with Crippen molar-refractivity contribution < 1.29 is 9.53 Å². The van der Waals surface area contributed by atoms with Gasteiger partial charge >= 0.3 is 6.09 Å². The van der Waals surface area contributed by atoms with Crippen molar-refractivity contribution in [2.24, 2.45) is 11.5 Å². The van der Waals surface area contributed by atoms with Crippen molar-refractivity contribution in [1.29, 1.82) is 0 Å². The Morgan fingerprint density at radius 3 is 2.79 bits per heavy atom. The highest BCUT2D eigenvalue weighted by atomic mass is 16.6. The highest BCUT2D eigenvalue weighted by molar-refractivity contribution is 5.68. The van der Waals surface area contributed by atoms with Crippen LogP contribution in [0.25, 0.3) is 0 Å². The number of hydrogen-bond donors (Lipinski definition) is 2. The number of amides is 1. The maximum atomic E-state index is 12.0. The summed E-state index contributed by atoms with van der Waals surface area (Å²) in [7, 11) is 0. The van der Waals surface area contributed by atoms with Crippen LogP contribution in [0, 0.1) is 0 Å². The lowest BCUT2D eigenvalue weighted by Gasteiger charge is -2.38. The lowest BCUT2D eigenvalue weighted by Crippen LogP contribution is -2.59. The first-order valence-corrected chi connectivity index (χ1v) is 6.57. The average molecular weight is 263 g/mol. The lowest BCUT2D eigenvalue weighted by molar-refractivity contribution is 0.0745. The van der Waals surface area contributed by atoms with Crippen molar-refractivity contribution in [1.82, 2.24) is 4.90 Å². The van der Waals surface area contributed by atoms with E-state index in [9.17, 15) is 4.79 Å². The monoisotopic (exact) mass is 263 g/mol. The number of nitrogens with zero attached hydrogens (tertiary/aromatic N) is 1. The smallest absolute Gasteiger partial charge is 0.410 e. The van der Waals surface area contributed by atoms with Gasteiger partial charge < -0.3 is 21.1 Å². The van der Waals surface area contributed by atoms with Gasteiger partial charge in [-0.3, -0.25) is 0 Å². The normalized spacial score (nSPS) is 23.2. The van der Waals surface area contributed by atoms with Gasteiger partial charge in [-0.25, -0.2) is 4.79 Å². The van der Waals surface area contributed by atoms with E-state index in [0.717, 1.165) is 18.4 Å². The molecule has 1 saturated heterocycles. The summed E-state index contributed by atoms with van der Waals surface area (Å²) in [4.78, 5) is 13.6. The lowest BCUT2D eigenvalue weighted by atomic mass is 9.90. The molecule has 0 bridgehead atoms. The van der Waals surface area contributed by atoms with E-state index in [2.05, 4.69) is 0 Å². The molecule has 1 aromatic carbocycles. The Kier molecular flexibility index (Phi) is 4.39. The van der Waals surface area contributed by atoms with Crippen LogP contribution >= 0.6 is 0 Å². The predicted molar refractivity (Wildman–Crippen MR) is 73.4 cm³/mol.